The monoisotopic (exact) mass is 410 g/mol. The van der Waals surface area contributed by atoms with Crippen LogP contribution in [0, 0.1) is 18.3 Å². The Kier molecular flexibility index (Phi) is 4.75. The molecule has 0 atom stereocenters. The number of imidazole rings is 1. The molecule has 7 heteroatoms. The molecule has 7 nitrogen and oxygen atoms in total. The first kappa shape index (κ1) is 19.1. The van der Waals surface area contributed by atoms with Crippen LogP contribution in [0.5, 0.6) is 0 Å². The van der Waals surface area contributed by atoms with Crippen molar-refractivity contribution in [3.63, 3.8) is 0 Å². The largest absolute Gasteiger partial charge is 0.356 e. The highest BCUT2D eigenvalue weighted by Gasteiger charge is 2.21. The lowest BCUT2D eigenvalue weighted by atomic mass is 10.1. The van der Waals surface area contributed by atoms with Crippen LogP contribution in [-0.2, 0) is 0 Å². The summed E-state index contributed by atoms with van der Waals surface area (Å²) in [6.45, 7) is 3.65. The number of hydrogen-bond donors (Lipinski definition) is 1. The molecule has 0 saturated carbocycles. The third kappa shape index (κ3) is 3.36. The number of hydrogen-bond acceptors (Lipinski definition) is 5. The molecule has 4 heterocycles. The summed E-state index contributed by atoms with van der Waals surface area (Å²) in [5.74, 6) is 1.09. The zero-order chi connectivity index (χ0) is 21.4. The molecule has 0 bridgehead atoms. The van der Waals surface area contributed by atoms with Crippen LogP contribution in [-0.4, -0.2) is 32.4 Å². The number of aryl methyl sites for hydroxylation is 1. The number of pyridine rings is 1. The van der Waals surface area contributed by atoms with E-state index in [4.69, 9.17) is 4.98 Å². The quantitative estimate of drug-likeness (QED) is 0.517. The number of fused-ring (bicyclic) bond motifs is 2. The molecule has 0 unspecified atom stereocenters. The van der Waals surface area contributed by atoms with E-state index in [1.54, 1.807) is 16.7 Å². The standard InChI is InChI=1S/C24H22N6O/c1-16-8-7-13-30-22(16)28-23(29-11-5-2-6-12-29)18(24(30)31)14-17(15-25)21-26-19-9-3-4-10-20(19)27-21/h3-4,7-10,13-14H,2,5-6,11-12H2,1H3,(H,26,27). The van der Waals surface area contributed by atoms with E-state index < -0.39 is 0 Å². The lowest BCUT2D eigenvalue weighted by Crippen LogP contribution is -2.33. The Labute approximate surface area is 179 Å². The highest BCUT2D eigenvalue weighted by atomic mass is 16.1. The fourth-order valence-electron chi connectivity index (χ4n) is 4.15. The zero-order valence-corrected chi connectivity index (χ0v) is 17.3. The van der Waals surface area contributed by atoms with E-state index >= 15 is 0 Å². The summed E-state index contributed by atoms with van der Waals surface area (Å²) in [5, 5.41) is 9.89. The van der Waals surface area contributed by atoms with Crippen molar-refractivity contribution in [3.8, 4) is 6.07 Å². The van der Waals surface area contributed by atoms with E-state index in [0.717, 1.165) is 42.5 Å². The molecule has 31 heavy (non-hydrogen) atoms. The van der Waals surface area contributed by atoms with Gasteiger partial charge in [0.05, 0.1) is 22.2 Å². The average Bonchev–Trinajstić information content (AvgIpc) is 3.23. The Morgan fingerprint density at radius 1 is 1.13 bits per heavy atom. The van der Waals surface area contributed by atoms with Crippen molar-refractivity contribution in [2.75, 3.05) is 18.0 Å². The van der Waals surface area contributed by atoms with Gasteiger partial charge in [-0.3, -0.25) is 9.20 Å². The minimum absolute atomic E-state index is 0.182. The summed E-state index contributed by atoms with van der Waals surface area (Å²) < 4.78 is 1.56. The molecule has 1 aromatic carbocycles. The molecular weight excluding hydrogens is 388 g/mol. The lowest BCUT2D eigenvalue weighted by Gasteiger charge is -2.29. The van der Waals surface area contributed by atoms with Gasteiger partial charge in [-0.2, -0.15) is 5.26 Å². The first-order valence-electron chi connectivity index (χ1n) is 10.5. The zero-order valence-electron chi connectivity index (χ0n) is 17.3. The Bertz CT molecular complexity index is 1380. The number of nitrogens with one attached hydrogen (secondary N) is 1. The van der Waals surface area contributed by atoms with Gasteiger partial charge in [0, 0.05) is 19.3 Å². The van der Waals surface area contributed by atoms with Crippen LogP contribution < -0.4 is 10.5 Å². The van der Waals surface area contributed by atoms with E-state index in [0.29, 0.717) is 28.4 Å². The van der Waals surface area contributed by atoms with Crippen LogP contribution in [0.4, 0.5) is 5.82 Å². The molecule has 1 N–H and O–H groups in total. The number of rotatable bonds is 3. The number of H-pyrrole nitrogens is 1. The number of benzene rings is 1. The van der Waals surface area contributed by atoms with Crippen molar-refractivity contribution < 1.29 is 0 Å². The third-order valence-electron chi connectivity index (χ3n) is 5.77. The van der Waals surface area contributed by atoms with E-state index in [2.05, 4.69) is 20.9 Å². The van der Waals surface area contributed by atoms with Crippen molar-refractivity contribution in [1.29, 1.82) is 5.26 Å². The van der Waals surface area contributed by atoms with Crippen LogP contribution >= 0.6 is 0 Å². The van der Waals surface area contributed by atoms with E-state index in [1.807, 2.05) is 43.3 Å². The molecule has 1 saturated heterocycles. The molecule has 0 amide bonds. The predicted octanol–water partition coefficient (Wildman–Crippen LogP) is 3.93. The van der Waals surface area contributed by atoms with Crippen molar-refractivity contribution in [3.05, 3.63) is 69.9 Å². The van der Waals surface area contributed by atoms with E-state index in [-0.39, 0.29) is 5.56 Å². The number of nitrogens with zero attached hydrogens (tertiary/aromatic N) is 5. The predicted molar refractivity (Wildman–Crippen MR) is 122 cm³/mol. The number of para-hydroxylation sites is 2. The summed E-state index contributed by atoms with van der Waals surface area (Å²) in [6.07, 6.45) is 6.66. The maximum absolute atomic E-state index is 13.5. The normalized spacial score (nSPS) is 14.8. The summed E-state index contributed by atoms with van der Waals surface area (Å²) in [6, 6.07) is 13.6. The van der Waals surface area contributed by atoms with Crippen molar-refractivity contribution in [2.24, 2.45) is 0 Å². The van der Waals surface area contributed by atoms with Gasteiger partial charge in [-0.15, -0.1) is 0 Å². The van der Waals surface area contributed by atoms with Crippen molar-refractivity contribution >= 4 is 34.1 Å². The summed E-state index contributed by atoms with van der Waals surface area (Å²) >= 11 is 0. The number of anilines is 1. The Balaban J connectivity index is 1.74. The second-order valence-electron chi connectivity index (χ2n) is 7.86. The fraction of sp³-hybridized carbons (Fsp3) is 0.250. The van der Waals surface area contributed by atoms with Crippen LogP contribution in [0.3, 0.4) is 0 Å². The van der Waals surface area contributed by atoms with Gasteiger partial charge in [0.15, 0.2) is 0 Å². The highest BCUT2D eigenvalue weighted by Crippen LogP contribution is 2.26. The van der Waals surface area contributed by atoms with Gasteiger partial charge in [-0.1, -0.05) is 18.2 Å². The lowest BCUT2D eigenvalue weighted by molar-refractivity contribution is 0.573. The summed E-state index contributed by atoms with van der Waals surface area (Å²) in [7, 11) is 0. The van der Waals surface area contributed by atoms with E-state index in [1.165, 1.54) is 6.42 Å². The smallest absolute Gasteiger partial charge is 0.267 e. The fourth-order valence-corrected chi connectivity index (χ4v) is 4.15. The summed E-state index contributed by atoms with van der Waals surface area (Å²) in [5.41, 5.74) is 3.75. The van der Waals surface area contributed by atoms with Crippen LogP contribution in [0.2, 0.25) is 0 Å². The van der Waals surface area contributed by atoms with Gasteiger partial charge < -0.3 is 9.88 Å². The first-order chi connectivity index (χ1) is 15.2. The molecule has 4 aromatic rings. The van der Waals surface area contributed by atoms with Crippen molar-refractivity contribution in [1.82, 2.24) is 19.4 Å². The van der Waals surface area contributed by atoms with E-state index in [9.17, 15) is 10.1 Å². The Hall–Kier alpha value is -3.92. The SMILES string of the molecule is Cc1cccn2c(=O)c(C=C(C#N)c3nc4ccccc4[nH]3)c(N3CCCCC3)nc12. The molecule has 1 fully saturated rings. The topological polar surface area (TPSA) is 90.1 Å². The maximum Gasteiger partial charge on any atom is 0.267 e. The molecule has 1 aliphatic rings. The second-order valence-corrected chi connectivity index (χ2v) is 7.86. The minimum Gasteiger partial charge on any atom is -0.356 e. The number of allylic oxidation sites excluding steroid dienone is 1. The second kappa shape index (κ2) is 7.73. The number of aromatic amines is 1. The number of nitriles is 1. The Morgan fingerprint density at radius 3 is 2.71 bits per heavy atom. The number of aromatic nitrogens is 4. The van der Waals surface area contributed by atoms with Crippen molar-refractivity contribution in [2.45, 2.75) is 26.2 Å². The molecule has 154 valence electrons. The molecule has 5 rings (SSSR count). The Morgan fingerprint density at radius 2 is 1.94 bits per heavy atom. The molecule has 1 aliphatic heterocycles. The minimum atomic E-state index is -0.182. The highest BCUT2D eigenvalue weighted by molar-refractivity contribution is 5.92. The molecule has 3 aromatic heterocycles. The van der Waals surface area contributed by atoms with Gasteiger partial charge >= 0.3 is 0 Å². The first-order valence-corrected chi connectivity index (χ1v) is 10.5. The third-order valence-corrected chi connectivity index (χ3v) is 5.77. The molecule has 0 aliphatic carbocycles. The maximum atomic E-state index is 13.5. The molecular formula is C24H22N6O. The summed E-state index contributed by atoms with van der Waals surface area (Å²) in [4.78, 5) is 28.3. The molecule has 0 spiro atoms. The van der Waals surface area contributed by atoms with Gasteiger partial charge in [0.2, 0.25) is 0 Å². The van der Waals surface area contributed by atoms with Gasteiger partial charge in [-0.25, -0.2) is 9.97 Å². The average molecular weight is 410 g/mol. The number of piperidine rings is 1. The van der Waals surface area contributed by atoms with Gasteiger partial charge in [0.25, 0.3) is 5.56 Å². The van der Waals surface area contributed by atoms with Gasteiger partial charge in [-0.05, 0) is 56.0 Å². The van der Waals surface area contributed by atoms with Gasteiger partial charge in [0.1, 0.15) is 23.4 Å². The van der Waals surface area contributed by atoms with Crippen LogP contribution in [0.25, 0.3) is 28.3 Å². The van der Waals surface area contributed by atoms with Crippen LogP contribution in [0.15, 0.2) is 47.4 Å². The molecule has 0 radical (unpaired) electrons. The van der Waals surface area contributed by atoms with Crippen LogP contribution in [0.1, 0.15) is 36.2 Å².